The summed E-state index contributed by atoms with van der Waals surface area (Å²) in [5.74, 6) is 1.82. The largest absolute Gasteiger partial charge is 0.382 e. The highest BCUT2D eigenvalue weighted by Crippen LogP contribution is 2.25. The number of hydrogen-bond acceptors (Lipinski definition) is 6. The average molecular weight is 369 g/mol. The number of carbonyl (C=O) groups excluding carboxylic acids is 1. The molecule has 3 heterocycles. The molecule has 0 saturated carbocycles. The second kappa shape index (κ2) is 6.86. The lowest BCUT2D eigenvalue weighted by Crippen LogP contribution is -2.34. The number of fused-ring (bicyclic) bond motifs is 1. The second-order valence-corrected chi connectivity index (χ2v) is 6.91. The third kappa shape index (κ3) is 3.42. The standard InChI is InChI=1S/C19H23N7O.2H2/c1-12-4-5-14-15(10-12)23-19(22-14)17-18(20)21-11-16(24-17)26-7-3-6-25(8-9-26)13(2)27;;/h4-5,10-11H,3,6-9H2,1-2H3,(H2,20,21)(H,22,23);2*1H. The van der Waals surface area contributed by atoms with Gasteiger partial charge in [0.1, 0.15) is 5.82 Å². The molecule has 1 aliphatic heterocycles. The van der Waals surface area contributed by atoms with Crippen LogP contribution in [-0.4, -0.2) is 56.9 Å². The van der Waals surface area contributed by atoms with Crippen molar-refractivity contribution < 1.29 is 7.65 Å². The normalized spacial score (nSPS) is 15.2. The van der Waals surface area contributed by atoms with Gasteiger partial charge in [-0.05, 0) is 31.0 Å². The van der Waals surface area contributed by atoms with Crippen molar-refractivity contribution in [2.75, 3.05) is 36.8 Å². The van der Waals surface area contributed by atoms with Gasteiger partial charge in [-0.2, -0.15) is 0 Å². The molecule has 2 aromatic heterocycles. The number of aromatic nitrogens is 4. The summed E-state index contributed by atoms with van der Waals surface area (Å²) in [7, 11) is 0. The van der Waals surface area contributed by atoms with Crippen LogP contribution in [0.25, 0.3) is 22.6 Å². The number of rotatable bonds is 2. The Morgan fingerprint density at radius 2 is 2.07 bits per heavy atom. The Labute approximate surface area is 160 Å². The molecular formula is C19H27N7O. The van der Waals surface area contributed by atoms with E-state index < -0.39 is 0 Å². The quantitative estimate of drug-likeness (QED) is 0.719. The molecule has 3 aromatic rings. The van der Waals surface area contributed by atoms with Crippen molar-refractivity contribution in [2.45, 2.75) is 20.3 Å². The minimum atomic E-state index is 0. The van der Waals surface area contributed by atoms with Crippen molar-refractivity contribution in [3.05, 3.63) is 30.0 Å². The highest BCUT2D eigenvalue weighted by Gasteiger charge is 2.20. The molecule has 0 spiro atoms. The van der Waals surface area contributed by atoms with Crippen LogP contribution >= 0.6 is 0 Å². The fraction of sp³-hybridized carbons (Fsp3) is 0.368. The number of benzene rings is 1. The Bertz CT molecular complexity index is 1010. The molecule has 0 bridgehead atoms. The van der Waals surface area contributed by atoms with Crippen molar-refractivity contribution in [1.29, 1.82) is 0 Å². The first kappa shape index (κ1) is 17.3. The predicted molar refractivity (Wildman–Crippen MR) is 110 cm³/mol. The van der Waals surface area contributed by atoms with Crippen LogP contribution < -0.4 is 10.6 Å². The molecule has 4 rings (SSSR count). The van der Waals surface area contributed by atoms with Gasteiger partial charge < -0.3 is 20.5 Å². The SMILES string of the molecule is CC(=O)N1CCCN(c2cnc(N)c(-c3nc4ccc(C)cc4[nH]3)n2)CC1.[HH].[HH]. The van der Waals surface area contributed by atoms with Crippen LogP contribution in [0.15, 0.2) is 24.4 Å². The van der Waals surface area contributed by atoms with Gasteiger partial charge in [-0.15, -0.1) is 0 Å². The third-order valence-electron chi connectivity index (χ3n) is 4.91. The highest BCUT2D eigenvalue weighted by molar-refractivity contribution is 5.81. The van der Waals surface area contributed by atoms with E-state index in [1.165, 1.54) is 0 Å². The summed E-state index contributed by atoms with van der Waals surface area (Å²) in [4.78, 5) is 32.6. The van der Waals surface area contributed by atoms with E-state index in [2.05, 4.69) is 19.9 Å². The van der Waals surface area contributed by atoms with Gasteiger partial charge in [-0.3, -0.25) is 4.79 Å². The molecule has 1 fully saturated rings. The first-order valence-corrected chi connectivity index (χ1v) is 9.11. The van der Waals surface area contributed by atoms with Gasteiger partial charge in [0.05, 0.1) is 17.2 Å². The summed E-state index contributed by atoms with van der Waals surface area (Å²) >= 11 is 0. The number of imidazole rings is 1. The van der Waals surface area contributed by atoms with E-state index in [0.717, 1.165) is 48.5 Å². The summed E-state index contributed by atoms with van der Waals surface area (Å²) in [6, 6.07) is 6.05. The Hall–Kier alpha value is -3.16. The van der Waals surface area contributed by atoms with Crippen LogP contribution in [0.4, 0.5) is 11.6 Å². The number of nitrogen functional groups attached to an aromatic ring is 1. The van der Waals surface area contributed by atoms with Crippen LogP contribution in [0.2, 0.25) is 0 Å². The van der Waals surface area contributed by atoms with E-state index in [0.29, 0.717) is 23.9 Å². The van der Waals surface area contributed by atoms with Gasteiger partial charge in [0.15, 0.2) is 17.3 Å². The van der Waals surface area contributed by atoms with Gasteiger partial charge >= 0.3 is 0 Å². The Morgan fingerprint density at radius 1 is 1.22 bits per heavy atom. The molecule has 3 N–H and O–H groups in total. The minimum absolute atomic E-state index is 0. The Kier molecular flexibility index (Phi) is 4.39. The summed E-state index contributed by atoms with van der Waals surface area (Å²) in [6.07, 6.45) is 2.58. The molecule has 0 radical (unpaired) electrons. The van der Waals surface area contributed by atoms with Crippen LogP contribution in [0, 0.1) is 6.92 Å². The summed E-state index contributed by atoms with van der Waals surface area (Å²) in [5, 5.41) is 0. The zero-order valence-corrected chi connectivity index (χ0v) is 15.6. The van der Waals surface area contributed by atoms with Crippen LogP contribution in [-0.2, 0) is 4.79 Å². The molecule has 27 heavy (non-hydrogen) atoms. The molecule has 1 aliphatic rings. The lowest BCUT2D eigenvalue weighted by Gasteiger charge is -2.22. The topological polar surface area (TPSA) is 104 Å². The molecule has 0 atom stereocenters. The number of amides is 1. The van der Waals surface area contributed by atoms with Gasteiger partial charge in [0.2, 0.25) is 5.91 Å². The maximum Gasteiger partial charge on any atom is 0.219 e. The minimum Gasteiger partial charge on any atom is -0.382 e. The second-order valence-electron chi connectivity index (χ2n) is 6.91. The lowest BCUT2D eigenvalue weighted by molar-refractivity contribution is -0.128. The number of nitrogens with two attached hydrogens (primary N) is 1. The number of H-pyrrole nitrogens is 1. The van der Waals surface area contributed by atoms with Crippen molar-refractivity contribution in [3.63, 3.8) is 0 Å². The fourth-order valence-corrected chi connectivity index (χ4v) is 3.41. The molecule has 144 valence electrons. The molecule has 1 amide bonds. The third-order valence-corrected chi connectivity index (χ3v) is 4.91. The maximum atomic E-state index is 11.6. The van der Waals surface area contributed by atoms with Crippen LogP contribution in [0.5, 0.6) is 0 Å². The van der Waals surface area contributed by atoms with E-state index >= 15 is 0 Å². The predicted octanol–water partition coefficient (Wildman–Crippen LogP) is 2.46. The number of hydrogen-bond donors (Lipinski definition) is 2. The average Bonchev–Trinajstić information content (AvgIpc) is 2.89. The van der Waals surface area contributed by atoms with Gasteiger partial charge in [-0.25, -0.2) is 15.0 Å². The van der Waals surface area contributed by atoms with Crippen LogP contribution in [0.3, 0.4) is 0 Å². The number of aryl methyl sites for hydroxylation is 1. The van der Waals surface area contributed by atoms with Gasteiger partial charge in [0, 0.05) is 36.0 Å². The van der Waals surface area contributed by atoms with Gasteiger partial charge in [-0.1, -0.05) is 6.07 Å². The first-order valence-electron chi connectivity index (χ1n) is 9.11. The zero-order valence-electron chi connectivity index (χ0n) is 15.6. The summed E-state index contributed by atoms with van der Waals surface area (Å²) in [5.41, 5.74) is 9.62. The number of carbonyl (C=O) groups is 1. The molecular weight excluding hydrogens is 342 g/mol. The molecule has 0 aliphatic carbocycles. The van der Waals surface area contributed by atoms with Crippen molar-refractivity contribution in [1.82, 2.24) is 24.8 Å². The van der Waals surface area contributed by atoms with E-state index in [-0.39, 0.29) is 8.76 Å². The van der Waals surface area contributed by atoms with Gasteiger partial charge in [0.25, 0.3) is 0 Å². The van der Waals surface area contributed by atoms with Crippen molar-refractivity contribution in [2.24, 2.45) is 0 Å². The fourth-order valence-electron chi connectivity index (χ4n) is 3.41. The summed E-state index contributed by atoms with van der Waals surface area (Å²) < 4.78 is 0. The first-order chi connectivity index (χ1) is 13.0. The van der Waals surface area contributed by atoms with Crippen LogP contribution in [0.1, 0.15) is 21.8 Å². The number of aromatic amines is 1. The number of nitrogens with zero attached hydrogens (tertiary/aromatic N) is 5. The van der Waals surface area contributed by atoms with Crippen molar-refractivity contribution >= 4 is 28.6 Å². The summed E-state index contributed by atoms with van der Waals surface area (Å²) in [6.45, 7) is 6.64. The van der Waals surface area contributed by atoms with E-state index in [1.807, 2.05) is 30.0 Å². The number of nitrogens with one attached hydrogen (secondary N) is 1. The highest BCUT2D eigenvalue weighted by atomic mass is 16.2. The zero-order chi connectivity index (χ0) is 19.0. The molecule has 8 heteroatoms. The lowest BCUT2D eigenvalue weighted by atomic mass is 10.2. The molecule has 1 saturated heterocycles. The molecule has 0 unspecified atom stereocenters. The van der Waals surface area contributed by atoms with Crippen molar-refractivity contribution in [3.8, 4) is 11.5 Å². The van der Waals surface area contributed by atoms with E-state index in [1.54, 1.807) is 13.1 Å². The van der Waals surface area contributed by atoms with E-state index in [9.17, 15) is 4.79 Å². The molecule has 1 aromatic carbocycles. The Balaban J connectivity index is 0.00000150. The monoisotopic (exact) mass is 369 g/mol. The Morgan fingerprint density at radius 3 is 2.89 bits per heavy atom. The smallest absolute Gasteiger partial charge is 0.219 e. The maximum absolute atomic E-state index is 11.6. The number of anilines is 2. The van der Waals surface area contributed by atoms with E-state index in [4.69, 9.17) is 10.7 Å². The molecule has 8 nitrogen and oxygen atoms in total.